The third kappa shape index (κ3) is 6.81. The van der Waals surface area contributed by atoms with Gasteiger partial charge in [0.25, 0.3) is 0 Å². The Morgan fingerprint density at radius 3 is 2.76 bits per heavy atom. The van der Waals surface area contributed by atoms with Crippen molar-refractivity contribution in [3.05, 3.63) is 29.8 Å². The summed E-state index contributed by atoms with van der Waals surface area (Å²) in [5, 5.41) is 8.69. The Bertz CT molecular complexity index is 468. The maximum atomic E-state index is 10.6. The number of carbonyl (C=O) groups is 1. The number of hydrogen-bond donors (Lipinski definition) is 1. The molecular weight excluding hydrogens is 272 g/mol. The lowest BCUT2D eigenvalue weighted by atomic mass is 10.1. The van der Waals surface area contributed by atoms with Gasteiger partial charge in [0.15, 0.2) is 0 Å². The van der Waals surface area contributed by atoms with E-state index in [2.05, 4.69) is 6.92 Å². The molecule has 0 spiro atoms. The Labute approximate surface area is 125 Å². The average Bonchev–Trinajstić information content (AvgIpc) is 2.49. The van der Waals surface area contributed by atoms with Gasteiger partial charge in [-0.3, -0.25) is 0 Å². The van der Waals surface area contributed by atoms with E-state index in [-0.39, 0.29) is 0 Å². The Hall–Kier alpha value is -2.01. The number of ether oxygens (including phenoxy) is 3. The number of carboxylic acids is 1. The van der Waals surface area contributed by atoms with E-state index in [0.29, 0.717) is 30.3 Å². The zero-order chi connectivity index (χ0) is 15.5. The highest BCUT2D eigenvalue weighted by Gasteiger charge is 2.04. The summed E-state index contributed by atoms with van der Waals surface area (Å²) < 4.78 is 16.2. The molecule has 0 atom stereocenters. The Kier molecular flexibility index (Phi) is 7.97. The van der Waals surface area contributed by atoms with Crippen LogP contribution < -0.4 is 9.47 Å². The van der Waals surface area contributed by atoms with Crippen LogP contribution in [0.15, 0.2) is 24.3 Å². The van der Waals surface area contributed by atoms with Crippen molar-refractivity contribution < 1.29 is 24.1 Å². The summed E-state index contributed by atoms with van der Waals surface area (Å²) in [6.07, 6.45) is 4.70. The van der Waals surface area contributed by atoms with Crippen molar-refractivity contribution in [3.63, 3.8) is 0 Å². The fourth-order valence-electron chi connectivity index (χ4n) is 1.62. The first-order valence-electron chi connectivity index (χ1n) is 6.97. The summed E-state index contributed by atoms with van der Waals surface area (Å²) >= 11 is 0. The number of hydrogen-bond acceptors (Lipinski definition) is 4. The summed E-state index contributed by atoms with van der Waals surface area (Å²) in [4.78, 5) is 10.6. The fraction of sp³-hybridized carbons (Fsp3) is 0.438. The van der Waals surface area contributed by atoms with Crippen LogP contribution in [0.25, 0.3) is 6.08 Å². The number of unbranched alkanes of at least 4 members (excludes halogenated alkanes) is 1. The number of benzene rings is 1. The second-order valence-corrected chi connectivity index (χ2v) is 4.39. The van der Waals surface area contributed by atoms with E-state index in [9.17, 15) is 4.79 Å². The van der Waals surface area contributed by atoms with Gasteiger partial charge in [-0.05, 0) is 24.6 Å². The lowest BCUT2D eigenvalue weighted by Gasteiger charge is -2.11. The molecule has 5 heteroatoms. The molecular formula is C16H22O5. The largest absolute Gasteiger partial charge is 0.497 e. The Balaban J connectivity index is 2.61. The molecule has 0 aliphatic carbocycles. The van der Waals surface area contributed by atoms with Crippen molar-refractivity contribution in [2.75, 3.05) is 26.9 Å². The number of methoxy groups -OCH3 is 1. The molecule has 1 rings (SSSR count). The zero-order valence-corrected chi connectivity index (χ0v) is 12.5. The summed E-state index contributed by atoms with van der Waals surface area (Å²) in [7, 11) is 1.57. The van der Waals surface area contributed by atoms with Gasteiger partial charge in [0.1, 0.15) is 18.1 Å². The molecule has 0 fully saturated rings. The van der Waals surface area contributed by atoms with E-state index in [1.807, 2.05) is 0 Å². The van der Waals surface area contributed by atoms with E-state index >= 15 is 0 Å². The van der Waals surface area contributed by atoms with Crippen LogP contribution in [0, 0.1) is 0 Å². The van der Waals surface area contributed by atoms with Gasteiger partial charge in [-0.1, -0.05) is 13.3 Å². The normalized spacial score (nSPS) is 10.8. The van der Waals surface area contributed by atoms with Crippen molar-refractivity contribution in [1.29, 1.82) is 0 Å². The summed E-state index contributed by atoms with van der Waals surface area (Å²) in [5.41, 5.74) is 0.687. The van der Waals surface area contributed by atoms with Crippen LogP contribution >= 0.6 is 0 Å². The molecule has 0 aliphatic rings. The first-order valence-corrected chi connectivity index (χ1v) is 6.97. The van der Waals surface area contributed by atoms with Gasteiger partial charge in [0, 0.05) is 24.3 Å². The lowest BCUT2D eigenvalue weighted by molar-refractivity contribution is -0.131. The highest BCUT2D eigenvalue weighted by atomic mass is 16.5. The van der Waals surface area contributed by atoms with E-state index < -0.39 is 5.97 Å². The Morgan fingerprint density at radius 2 is 2.10 bits per heavy atom. The predicted molar refractivity (Wildman–Crippen MR) is 80.9 cm³/mol. The van der Waals surface area contributed by atoms with Crippen molar-refractivity contribution >= 4 is 12.0 Å². The third-order valence-corrected chi connectivity index (χ3v) is 2.75. The first-order chi connectivity index (χ1) is 10.2. The summed E-state index contributed by atoms with van der Waals surface area (Å²) in [6.45, 7) is 3.74. The molecule has 1 N–H and O–H groups in total. The van der Waals surface area contributed by atoms with Crippen molar-refractivity contribution in [1.82, 2.24) is 0 Å². The van der Waals surface area contributed by atoms with Crippen LogP contribution in [-0.4, -0.2) is 38.0 Å². The molecule has 0 heterocycles. The highest BCUT2D eigenvalue weighted by molar-refractivity contribution is 5.86. The van der Waals surface area contributed by atoms with Gasteiger partial charge >= 0.3 is 5.97 Å². The molecule has 1 aromatic carbocycles. The van der Waals surface area contributed by atoms with Crippen molar-refractivity contribution in [3.8, 4) is 11.5 Å². The number of aliphatic carboxylic acids is 1. The molecule has 0 saturated carbocycles. The van der Waals surface area contributed by atoms with E-state index in [0.717, 1.165) is 25.5 Å². The lowest BCUT2D eigenvalue weighted by Crippen LogP contribution is -2.08. The average molecular weight is 294 g/mol. The monoisotopic (exact) mass is 294 g/mol. The smallest absolute Gasteiger partial charge is 0.328 e. The molecule has 5 nitrogen and oxygen atoms in total. The number of rotatable bonds is 10. The minimum atomic E-state index is -1.00. The van der Waals surface area contributed by atoms with Crippen LogP contribution in [0.3, 0.4) is 0 Å². The van der Waals surface area contributed by atoms with Crippen LogP contribution in [-0.2, 0) is 9.53 Å². The minimum Gasteiger partial charge on any atom is -0.497 e. The SMILES string of the molecule is CCCCOCCOc1cc(OC)ccc1C=CC(=O)O. The molecule has 0 unspecified atom stereocenters. The van der Waals surface area contributed by atoms with Crippen LogP contribution in [0.1, 0.15) is 25.3 Å². The van der Waals surface area contributed by atoms with E-state index in [4.69, 9.17) is 19.3 Å². The molecule has 0 amide bonds. The molecule has 21 heavy (non-hydrogen) atoms. The van der Waals surface area contributed by atoms with Gasteiger partial charge < -0.3 is 19.3 Å². The van der Waals surface area contributed by atoms with E-state index in [1.165, 1.54) is 6.08 Å². The molecule has 0 aromatic heterocycles. The van der Waals surface area contributed by atoms with Gasteiger partial charge in [0.2, 0.25) is 0 Å². The Morgan fingerprint density at radius 1 is 1.29 bits per heavy atom. The summed E-state index contributed by atoms with van der Waals surface area (Å²) in [5.74, 6) is 0.231. The van der Waals surface area contributed by atoms with Gasteiger partial charge in [-0.15, -0.1) is 0 Å². The van der Waals surface area contributed by atoms with Crippen LogP contribution in [0.5, 0.6) is 11.5 Å². The molecule has 0 bridgehead atoms. The number of carboxylic acid groups (broad SMARTS) is 1. The van der Waals surface area contributed by atoms with Gasteiger partial charge in [0.05, 0.1) is 13.7 Å². The standard InChI is InChI=1S/C16H22O5/c1-3-4-9-20-10-11-21-15-12-14(19-2)7-5-13(15)6-8-16(17)18/h5-8,12H,3-4,9-11H2,1-2H3,(H,17,18). The maximum absolute atomic E-state index is 10.6. The zero-order valence-electron chi connectivity index (χ0n) is 12.5. The topological polar surface area (TPSA) is 65.0 Å². The fourth-order valence-corrected chi connectivity index (χ4v) is 1.62. The molecule has 0 radical (unpaired) electrons. The molecule has 0 saturated heterocycles. The summed E-state index contributed by atoms with van der Waals surface area (Å²) in [6, 6.07) is 5.24. The van der Waals surface area contributed by atoms with Crippen LogP contribution in [0.2, 0.25) is 0 Å². The van der Waals surface area contributed by atoms with Crippen molar-refractivity contribution in [2.24, 2.45) is 0 Å². The minimum absolute atomic E-state index is 0.408. The molecule has 0 aliphatic heterocycles. The highest BCUT2D eigenvalue weighted by Crippen LogP contribution is 2.26. The third-order valence-electron chi connectivity index (χ3n) is 2.75. The second kappa shape index (κ2) is 9.83. The van der Waals surface area contributed by atoms with Crippen LogP contribution in [0.4, 0.5) is 0 Å². The van der Waals surface area contributed by atoms with E-state index in [1.54, 1.807) is 25.3 Å². The molecule has 1 aromatic rings. The molecule has 116 valence electrons. The second-order valence-electron chi connectivity index (χ2n) is 4.39. The van der Waals surface area contributed by atoms with Crippen molar-refractivity contribution in [2.45, 2.75) is 19.8 Å². The predicted octanol–water partition coefficient (Wildman–Crippen LogP) is 2.99. The van der Waals surface area contributed by atoms with Gasteiger partial charge in [-0.25, -0.2) is 4.79 Å². The first kappa shape index (κ1) is 17.0. The maximum Gasteiger partial charge on any atom is 0.328 e. The quantitative estimate of drug-likeness (QED) is 0.531. The van der Waals surface area contributed by atoms with Gasteiger partial charge in [-0.2, -0.15) is 0 Å².